The molecule has 144 valence electrons. The molecule has 0 bridgehead atoms. The summed E-state index contributed by atoms with van der Waals surface area (Å²) in [4.78, 5) is 36.9. The van der Waals surface area contributed by atoms with Gasteiger partial charge in [-0.3, -0.25) is 14.6 Å². The van der Waals surface area contributed by atoms with Crippen molar-refractivity contribution in [2.24, 2.45) is 11.7 Å². The molecule has 0 aliphatic heterocycles. The minimum atomic E-state index is -1.27. The summed E-state index contributed by atoms with van der Waals surface area (Å²) in [7, 11) is 0. The average molecular weight is 381 g/mol. The number of aromatic nitrogens is 3. The third-order valence-corrected chi connectivity index (χ3v) is 5.03. The van der Waals surface area contributed by atoms with Crippen molar-refractivity contribution >= 4 is 17.5 Å². The van der Waals surface area contributed by atoms with Crippen LogP contribution in [0, 0.1) is 5.92 Å². The van der Waals surface area contributed by atoms with Crippen LogP contribution >= 0.6 is 0 Å². The quantitative estimate of drug-likeness (QED) is 0.765. The molecule has 1 unspecified atom stereocenters. The third kappa shape index (κ3) is 3.17. The summed E-state index contributed by atoms with van der Waals surface area (Å²) in [5.74, 6) is -1.95. The van der Waals surface area contributed by atoms with Gasteiger partial charge in [0.05, 0.1) is 17.3 Å². The zero-order chi connectivity index (χ0) is 20.5. The maximum atomic E-state index is 15.1. The van der Waals surface area contributed by atoms with Crippen LogP contribution in [-0.2, 0) is 10.2 Å². The third-order valence-electron chi connectivity index (χ3n) is 5.03. The Morgan fingerprint density at radius 2 is 2.00 bits per heavy atom. The van der Waals surface area contributed by atoms with Gasteiger partial charge in [-0.05, 0) is 30.5 Å². The summed E-state index contributed by atoms with van der Waals surface area (Å²) >= 11 is 0. The Balaban J connectivity index is 2.14. The Labute approximate surface area is 161 Å². The molecule has 1 aliphatic carbocycles. The number of carbonyl (C=O) groups is 2. The summed E-state index contributed by atoms with van der Waals surface area (Å²) in [6.45, 7) is 3.61. The van der Waals surface area contributed by atoms with E-state index in [1.54, 1.807) is 26.0 Å². The van der Waals surface area contributed by atoms with Crippen LogP contribution in [0.4, 0.5) is 10.2 Å². The van der Waals surface area contributed by atoms with Crippen molar-refractivity contribution in [1.29, 1.82) is 0 Å². The van der Waals surface area contributed by atoms with Crippen molar-refractivity contribution in [3.63, 3.8) is 0 Å². The average Bonchev–Trinajstić information content (AvgIpc) is 2.68. The second-order valence-corrected chi connectivity index (χ2v) is 6.93. The summed E-state index contributed by atoms with van der Waals surface area (Å²) < 4.78 is 15.1. The molecule has 1 atom stereocenters. The van der Waals surface area contributed by atoms with E-state index in [2.05, 4.69) is 15.0 Å². The van der Waals surface area contributed by atoms with Gasteiger partial charge in [-0.1, -0.05) is 19.9 Å². The summed E-state index contributed by atoms with van der Waals surface area (Å²) in [5.41, 5.74) is 10.7. The van der Waals surface area contributed by atoms with Gasteiger partial charge in [0, 0.05) is 23.5 Å². The fourth-order valence-electron chi connectivity index (χ4n) is 3.34. The van der Waals surface area contributed by atoms with Crippen LogP contribution in [0.3, 0.4) is 0 Å². The first-order valence-corrected chi connectivity index (χ1v) is 8.71. The molecule has 8 heteroatoms. The van der Waals surface area contributed by atoms with Crippen LogP contribution in [0.15, 0.2) is 54.3 Å². The molecule has 2 aromatic heterocycles. The normalized spacial score (nSPS) is 19.1. The van der Waals surface area contributed by atoms with Crippen molar-refractivity contribution in [2.75, 3.05) is 5.73 Å². The number of pyridine rings is 1. The van der Waals surface area contributed by atoms with Crippen molar-refractivity contribution < 1.29 is 14.0 Å². The molecule has 1 aliphatic rings. The number of carbonyl (C=O) groups excluding carboxylic acids is 2. The first-order valence-electron chi connectivity index (χ1n) is 8.71. The molecule has 3 rings (SSSR count). The van der Waals surface area contributed by atoms with Crippen molar-refractivity contribution in [1.82, 2.24) is 15.0 Å². The second kappa shape index (κ2) is 7.30. The molecule has 28 heavy (non-hydrogen) atoms. The highest BCUT2D eigenvalue weighted by Crippen LogP contribution is 2.46. The minimum Gasteiger partial charge on any atom is -0.382 e. The Morgan fingerprint density at radius 3 is 2.61 bits per heavy atom. The molecule has 2 aromatic rings. The van der Waals surface area contributed by atoms with Gasteiger partial charge < -0.3 is 11.5 Å². The van der Waals surface area contributed by atoms with Crippen LogP contribution in [0.1, 0.15) is 42.0 Å². The van der Waals surface area contributed by atoms with E-state index in [9.17, 15) is 9.59 Å². The Bertz CT molecular complexity index is 1000. The lowest BCUT2D eigenvalue weighted by atomic mass is 9.67. The Kier molecular flexibility index (Phi) is 5.04. The molecule has 0 spiro atoms. The molecule has 0 aromatic carbocycles. The predicted octanol–water partition coefficient (Wildman–Crippen LogP) is 2.25. The standard InChI is InChI=1S/C20H20FN5O2/c1-11(2)20(8-12(19(23)28)5-6-14(20)21)15-10-25-18(22)16(26-15)17(27)13-4-3-7-24-9-13/h3-7,9-11H,8H2,1-2H3,(H2,22,25)(H2,23,28). The lowest BCUT2D eigenvalue weighted by Gasteiger charge is -2.38. The number of ketones is 1. The number of hydrogen-bond donors (Lipinski definition) is 2. The molecule has 0 saturated carbocycles. The van der Waals surface area contributed by atoms with E-state index >= 15 is 4.39 Å². The number of anilines is 1. The van der Waals surface area contributed by atoms with E-state index < -0.39 is 22.9 Å². The molecular formula is C20H20FN5O2. The number of halogens is 1. The van der Waals surface area contributed by atoms with E-state index in [-0.39, 0.29) is 40.7 Å². The number of hydrogen-bond acceptors (Lipinski definition) is 6. The largest absolute Gasteiger partial charge is 0.382 e. The number of nitrogen functional groups attached to an aromatic ring is 1. The number of nitrogens with zero attached hydrogens (tertiary/aromatic N) is 3. The van der Waals surface area contributed by atoms with Gasteiger partial charge in [0.15, 0.2) is 11.5 Å². The fraction of sp³-hybridized carbons (Fsp3) is 0.250. The first-order chi connectivity index (χ1) is 13.3. The first kappa shape index (κ1) is 19.3. The van der Waals surface area contributed by atoms with Gasteiger partial charge in [-0.25, -0.2) is 14.4 Å². The molecule has 7 nitrogen and oxygen atoms in total. The number of rotatable bonds is 5. The summed E-state index contributed by atoms with van der Waals surface area (Å²) in [6.07, 6.45) is 6.86. The van der Waals surface area contributed by atoms with Crippen LogP contribution in [0.25, 0.3) is 0 Å². The van der Waals surface area contributed by atoms with Gasteiger partial charge >= 0.3 is 0 Å². The number of nitrogens with two attached hydrogens (primary N) is 2. The molecule has 0 radical (unpaired) electrons. The number of primary amides is 1. The summed E-state index contributed by atoms with van der Waals surface area (Å²) in [6, 6.07) is 3.19. The minimum absolute atomic E-state index is 0.0153. The van der Waals surface area contributed by atoms with E-state index in [4.69, 9.17) is 11.5 Å². The molecule has 4 N–H and O–H groups in total. The zero-order valence-corrected chi connectivity index (χ0v) is 15.5. The topological polar surface area (TPSA) is 125 Å². The SMILES string of the molecule is CC(C)C1(c2cnc(N)c(C(=O)c3cccnc3)n2)CC(C(N)=O)=CC=C1F. The highest BCUT2D eigenvalue weighted by molar-refractivity contribution is 6.10. The lowest BCUT2D eigenvalue weighted by molar-refractivity contribution is -0.114. The second-order valence-electron chi connectivity index (χ2n) is 6.93. The van der Waals surface area contributed by atoms with Crippen LogP contribution in [-0.4, -0.2) is 26.6 Å². The number of amides is 1. The molecular weight excluding hydrogens is 361 g/mol. The van der Waals surface area contributed by atoms with Gasteiger partial charge in [0.2, 0.25) is 11.7 Å². The van der Waals surface area contributed by atoms with Gasteiger partial charge in [0.1, 0.15) is 5.83 Å². The maximum absolute atomic E-state index is 15.1. The van der Waals surface area contributed by atoms with E-state index in [1.165, 1.54) is 30.7 Å². The monoisotopic (exact) mass is 381 g/mol. The highest BCUT2D eigenvalue weighted by Gasteiger charge is 2.45. The molecule has 0 fully saturated rings. The zero-order valence-electron chi connectivity index (χ0n) is 15.5. The maximum Gasteiger partial charge on any atom is 0.244 e. The number of allylic oxidation sites excluding steroid dienone is 3. The molecule has 1 amide bonds. The smallest absolute Gasteiger partial charge is 0.244 e. The predicted molar refractivity (Wildman–Crippen MR) is 102 cm³/mol. The van der Waals surface area contributed by atoms with Gasteiger partial charge in [-0.2, -0.15) is 0 Å². The highest BCUT2D eigenvalue weighted by atomic mass is 19.1. The van der Waals surface area contributed by atoms with E-state index in [0.29, 0.717) is 0 Å². The fourth-order valence-corrected chi connectivity index (χ4v) is 3.34. The van der Waals surface area contributed by atoms with E-state index in [0.717, 1.165) is 0 Å². The van der Waals surface area contributed by atoms with Crippen LogP contribution in [0.5, 0.6) is 0 Å². The summed E-state index contributed by atoms with van der Waals surface area (Å²) in [5, 5.41) is 0. The van der Waals surface area contributed by atoms with E-state index in [1.807, 2.05) is 0 Å². The van der Waals surface area contributed by atoms with Crippen molar-refractivity contribution in [2.45, 2.75) is 25.7 Å². The van der Waals surface area contributed by atoms with Crippen LogP contribution in [0.2, 0.25) is 0 Å². The van der Waals surface area contributed by atoms with Crippen molar-refractivity contribution in [3.05, 3.63) is 71.2 Å². The van der Waals surface area contributed by atoms with Crippen LogP contribution < -0.4 is 11.5 Å². The Morgan fingerprint density at radius 1 is 1.25 bits per heavy atom. The van der Waals surface area contributed by atoms with Crippen molar-refractivity contribution in [3.8, 4) is 0 Å². The lowest BCUT2D eigenvalue weighted by Crippen LogP contribution is -2.38. The molecule has 0 saturated heterocycles. The van der Waals surface area contributed by atoms with Gasteiger partial charge in [0.25, 0.3) is 0 Å². The molecule has 2 heterocycles. The van der Waals surface area contributed by atoms with Gasteiger partial charge in [-0.15, -0.1) is 0 Å². The Hall–Kier alpha value is -3.42.